The van der Waals surface area contributed by atoms with E-state index in [1.54, 1.807) is 6.07 Å². The van der Waals surface area contributed by atoms with E-state index in [1.165, 1.54) is 18.2 Å². The second-order valence-electron chi connectivity index (χ2n) is 3.32. The van der Waals surface area contributed by atoms with Crippen molar-refractivity contribution in [3.8, 4) is 0 Å². The van der Waals surface area contributed by atoms with Crippen LogP contribution in [0.4, 0.5) is 21.6 Å². The van der Waals surface area contributed by atoms with Crippen molar-refractivity contribution in [3.63, 3.8) is 0 Å². The molecule has 0 fully saturated rings. The van der Waals surface area contributed by atoms with Gasteiger partial charge in [0.15, 0.2) is 11.5 Å². The first-order valence-corrected chi connectivity index (χ1v) is 4.86. The Morgan fingerprint density at radius 1 is 1.11 bits per heavy atom. The summed E-state index contributed by atoms with van der Waals surface area (Å²) < 4.78 is 13.2. The third-order valence-corrected chi connectivity index (χ3v) is 2.06. The van der Waals surface area contributed by atoms with Crippen molar-refractivity contribution in [2.24, 2.45) is 10.2 Å². The average Bonchev–Trinajstić information content (AvgIpc) is 2.30. The molecule has 0 atom stereocenters. The van der Waals surface area contributed by atoms with Gasteiger partial charge in [-0.15, -0.1) is 10.2 Å². The highest BCUT2D eigenvalue weighted by molar-refractivity contribution is 5.54. The molecule has 18 heavy (non-hydrogen) atoms. The molecule has 1 aromatic carbocycles. The third-order valence-electron chi connectivity index (χ3n) is 2.06. The number of aromatic nitrogens is 2. The number of hydrogen-bond acceptors (Lipinski definition) is 5. The number of nitrogens with two attached hydrogens (primary N) is 1. The summed E-state index contributed by atoms with van der Waals surface area (Å²) in [6.45, 7) is 0. The maximum Gasteiger partial charge on any atom is 0.327 e. The summed E-state index contributed by atoms with van der Waals surface area (Å²) in [7, 11) is 0. The van der Waals surface area contributed by atoms with Crippen LogP contribution in [0.5, 0.6) is 0 Å². The Morgan fingerprint density at radius 2 is 1.83 bits per heavy atom. The second-order valence-corrected chi connectivity index (χ2v) is 3.32. The molecule has 0 amide bonds. The normalized spacial score (nSPS) is 10.9. The number of benzene rings is 1. The Hall–Kier alpha value is -2.77. The lowest BCUT2D eigenvalue weighted by Crippen LogP contribution is -2.23. The molecule has 0 radical (unpaired) electrons. The quantitative estimate of drug-likeness (QED) is 0.694. The number of aromatic amines is 2. The van der Waals surface area contributed by atoms with Gasteiger partial charge in [-0.05, 0) is 12.1 Å². The lowest BCUT2D eigenvalue weighted by Gasteiger charge is -1.97. The van der Waals surface area contributed by atoms with E-state index in [0.717, 1.165) is 0 Å². The third kappa shape index (κ3) is 2.32. The molecule has 2 aromatic rings. The van der Waals surface area contributed by atoms with E-state index < -0.39 is 17.1 Å². The predicted molar refractivity (Wildman–Crippen MR) is 62.7 cm³/mol. The molecular formula is C10H8FN5O2. The first-order chi connectivity index (χ1) is 8.58. The zero-order valence-corrected chi connectivity index (χ0v) is 8.98. The van der Waals surface area contributed by atoms with Crippen molar-refractivity contribution in [2.75, 3.05) is 5.73 Å². The number of nitrogens with one attached hydrogen (secondary N) is 2. The van der Waals surface area contributed by atoms with Crippen molar-refractivity contribution in [1.29, 1.82) is 0 Å². The monoisotopic (exact) mass is 249 g/mol. The van der Waals surface area contributed by atoms with Gasteiger partial charge in [-0.1, -0.05) is 12.1 Å². The first-order valence-electron chi connectivity index (χ1n) is 4.86. The molecule has 1 heterocycles. The van der Waals surface area contributed by atoms with Crippen LogP contribution in [0.15, 0.2) is 44.1 Å². The fourth-order valence-electron chi connectivity index (χ4n) is 1.23. The molecular weight excluding hydrogens is 241 g/mol. The molecule has 0 unspecified atom stereocenters. The fourth-order valence-corrected chi connectivity index (χ4v) is 1.23. The molecule has 0 saturated carbocycles. The zero-order valence-electron chi connectivity index (χ0n) is 8.98. The highest BCUT2D eigenvalue weighted by Crippen LogP contribution is 2.20. The summed E-state index contributed by atoms with van der Waals surface area (Å²) in [6.07, 6.45) is 0. The van der Waals surface area contributed by atoms with Gasteiger partial charge in [-0.3, -0.25) is 14.8 Å². The van der Waals surface area contributed by atoms with Gasteiger partial charge in [0.2, 0.25) is 0 Å². The standard InChI is InChI=1S/C10H8FN5O2/c11-5-3-1-2-4-6(5)15-16-7-8(12)13-10(18)14-9(7)17/h1-4H,(H4,12,13,14,17,18). The SMILES string of the molecule is Nc1[nH]c(=O)[nH]c(=O)c1N=Nc1ccccc1F. The maximum atomic E-state index is 13.2. The van der Waals surface area contributed by atoms with Crippen molar-refractivity contribution in [1.82, 2.24) is 9.97 Å². The number of anilines is 1. The Kier molecular flexibility index (Phi) is 3.00. The summed E-state index contributed by atoms with van der Waals surface area (Å²) in [5.74, 6) is -0.815. The molecule has 0 aliphatic carbocycles. The average molecular weight is 249 g/mol. The molecule has 8 heteroatoms. The van der Waals surface area contributed by atoms with Crippen LogP contribution in [0.2, 0.25) is 0 Å². The highest BCUT2D eigenvalue weighted by atomic mass is 19.1. The minimum Gasteiger partial charge on any atom is -0.383 e. The number of hydrogen-bond donors (Lipinski definition) is 3. The van der Waals surface area contributed by atoms with Gasteiger partial charge in [-0.2, -0.15) is 0 Å². The molecule has 7 nitrogen and oxygen atoms in total. The van der Waals surface area contributed by atoms with Crippen LogP contribution in [0, 0.1) is 5.82 Å². The Bertz CT molecular complexity index is 719. The van der Waals surface area contributed by atoms with Gasteiger partial charge in [-0.25, -0.2) is 9.18 Å². The topological polar surface area (TPSA) is 116 Å². The molecule has 4 N–H and O–H groups in total. The Morgan fingerprint density at radius 3 is 2.50 bits per heavy atom. The van der Waals surface area contributed by atoms with Crippen LogP contribution < -0.4 is 17.0 Å². The van der Waals surface area contributed by atoms with Crippen LogP contribution in [0.3, 0.4) is 0 Å². The zero-order chi connectivity index (χ0) is 13.1. The maximum absolute atomic E-state index is 13.2. The van der Waals surface area contributed by atoms with Gasteiger partial charge in [0, 0.05) is 0 Å². The second kappa shape index (κ2) is 4.62. The van der Waals surface area contributed by atoms with Gasteiger partial charge >= 0.3 is 5.69 Å². The fraction of sp³-hybridized carbons (Fsp3) is 0. The van der Waals surface area contributed by atoms with E-state index >= 15 is 0 Å². The smallest absolute Gasteiger partial charge is 0.327 e. The van der Waals surface area contributed by atoms with E-state index in [4.69, 9.17) is 5.73 Å². The lowest BCUT2D eigenvalue weighted by atomic mass is 10.3. The molecule has 1 aromatic heterocycles. The lowest BCUT2D eigenvalue weighted by molar-refractivity contribution is 0.628. The molecule has 0 bridgehead atoms. The molecule has 0 spiro atoms. The number of rotatable bonds is 2. The largest absolute Gasteiger partial charge is 0.383 e. The molecule has 92 valence electrons. The number of azo groups is 1. The van der Waals surface area contributed by atoms with E-state index in [9.17, 15) is 14.0 Å². The van der Waals surface area contributed by atoms with Crippen LogP contribution in [-0.4, -0.2) is 9.97 Å². The van der Waals surface area contributed by atoms with E-state index in [1.807, 2.05) is 4.98 Å². The van der Waals surface area contributed by atoms with Gasteiger partial charge in [0.05, 0.1) is 0 Å². The van der Waals surface area contributed by atoms with Crippen LogP contribution in [0.25, 0.3) is 0 Å². The Balaban J connectivity index is 2.45. The van der Waals surface area contributed by atoms with Gasteiger partial charge in [0.1, 0.15) is 11.5 Å². The molecule has 0 aliphatic rings. The summed E-state index contributed by atoms with van der Waals surface area (Å²) in [5, 5.41) is 7.08. The number of H-pyrrole nitrogens is 2. The van der Waals surface area contributed by atoms with Crippen molar-refractivity contribution >= 4 is 17.2 Å². The van der Waals surface area contributed by atoms with Crippen LogP contribution >= 0.6 is 0 Å². The molecule has 0 saturated heterocycles. The molecule has 2 rings (SSSR count). The van der Waals surface area contributed by atoms with E-state index in [0.29, 0.717) is 0 Å². The Labute approximate surface area is 99.2 Å². The number of nitrogen functional groups attached to an aromatic ring is 1. The number of halogens is 1. The number of nitrogens with zero attached hydrogens (tertiary/aromatic N) is 2. The molecule has 0 aliphatic heterocycles. The summed E-state index contributed by atoms with van der Waals surface area (Å²) in [6, 6.07) is 5.65. The highest BCUT2D eigenvalue weighted by Gasteiger charge is 2.06. The minimum atomic E-state index is -0.795. The van der Waals surface area contributed by atoms with Crippen molar-refractivity contribution in [3.05, 3.63) is 50.9 Å². The van der Waals surface area contributed by atoms with Crippen LogP contribution in [0.1, 0.15) is 0 Å². The summed E-state index contributed by atoms with van der Waals surface area (Å²) in [5.41, 5.74) is 3.54. The van der Waals surface area contributed by atoms with Crippen molar-refractivity contribution < 1.29 is 4.39 Å². The van der Waals surface area contributed by atoms with Gasteiger partial charge < -0.3 is 5.73 Å². The van der Waals surface area contributed by atoms with Crippen LogP contribution in [-0.2, 0) is 0 Å². The minimum absolute atomic E-state index is 0.0394. The van der Waals surface area contributed by atoms with E-state index in [-0.39, 0.29) is 17.2 Å². The summed E-state index contributed by atoms with van der Waals surface area (Å²) >= 11 is 0. The first kappa shape index (κ1) is 11.7. The predicted octanol–water partition coefficient (Wildman–Crippen LogP) is 1.20. The van der Waals surface area contributed by atoms with E-state index in [2.05, 4.69) is 15.2 Å². The van der Waals surface area contributed by atoms with Gasteiger partial charge in [0.25, 0.3) is 5.56 Å². The van der Waals surface area contributed by atoms with Crippen molar-refractivity contribution in [2.45, 2.75) is 0 Å². The summed E-state index contributed by atoms with van der Waals surface area (Å²) in [4.78, 5) is 26.3.